The van der Waals surface area contributed by atoms with Gasteiger partial charge in [0.25, 0.3) is 0 Å². The summed E-state index contributed by atoms with van der Waals surface area (Å²) in [6, 6.07) is 6.09. The summed E-state index contributed by atoms with van der Waals surface area (Å²) >= 11 is 6.34. The first kappa shape index (κ1) is 10.6. The van der Waals surface area contributed by atoms with E-state index >= 15 is 0 Å². The predicted octanol–water partition coefficient (Wildman–Crippen LogP) is 3.55. The van der Waals surface area contributed by atoms with Crippen molar-refractivity contribution in [2.75, 3.05) is 12.4 Å². The first-order valence-corrected chi connectivity index (χ1v) is 6.51. The van der Waals surface area contributed by atoms with Crippen molar-refractivity contribution in [3.05, 3.63) is 20.8 Å². The van der Waals surface area contributed by atoms with Crippen LogP contribution in [0, 0.1) is 11.3 Å². The van der Waals surface area contributed by atoms with Crippen LogP contribution in [-0.4, -0.2) is 12.0 Å². The number of nitrogens with zero attached hydrogens (tertiary/aromatic N) is 2. The molecule has 76 valence electrons. The summed E-state index contributed by atoms with van der Waals surface area (Å²) in [7, 11) is 1.80. The Labute approximate surface area is 104 Å². The van der Waals surface area contributed by atoms with Crippen molar-refractivity contribution < 1.29 is 0 Å². The minimum atomic E-state index is 0.647. The van der Waals surface area contributed by atoms with Gasteiger partial charge in [0.2, 0.25) is 0 Å². The number of nitriles is 1. The van der Waals surface area contributed by atoms with E-state index in [0.29, 0.717) is 4.88 Å². The molecule has 0 unspecified atom stereocenters. The van der Waals surface area contributed by atoms with E-state index < -0.39 is 0 Å². The quantitative estimate of drug-likeness (QED) is 0.922. The highest BCUT2D eigenvalue weighted by atomic mass is 79.9. The lowest BCUT2D eigenvalue weighted by Gasteiger charge is -1.89. The van der Waals surface area contributed by atoms with Gasteiger partial charge >= 0.3 is 0 Å². The Morgan fingerprint density at radius 3 is 2.80 bits per heavy atom. The second-order valence-electron chi connectivity index (χ2n) is 2.66. The topological polar surface area (TPSA) is 48.7 Å². The molecule has 3 nitrogen and oxygen atoms in total. The number of hydrogen-bond acceptors (Lipinski definition) is 5. The zero-order valence-electron chi connectivity index (χ0n) is 7.74. The molecule has 6 heteroatoms. The predicted molar refractivity (Wildman–Crippen MR) is 67.4 cm³/mol. The number of anilines is 1. The van der Waals surface area contributed by atoms with Gasteiger partial charge in [0.15, 0.2) is 5.13 Å². The average Bonchev–Trinajstić information content (AvgIpc) is 2.82. The maximum atomic E-state index is 8.98. The number of hydrogen-bond donors (Lipinski definition) is 1. The molecule has 2 aromatic heterocycles. The van der Waals surface area contributed by atoms with Crippen LogP contribution >= 0.6 is 38.6 Å². The van der Waals surface area contributed by atoms with Crippen molar-refractivity contribution >= 4 is 43.7 Å². The molecule has 0 aliphatic carbocycles. The smallest absolute Gasteiger partial charge is 0.184 e. The van der Waals surface area contributed by atoms with Gasteiger partial charge in [-0.15, -0.1) is 11.3 Å². The zero-order chi connectivity index (χ0) is 10.8. The molecule has 15 heavy (non-hydrogen) atoms. The molecule has 0 amide bonds. The highest BCUT2D eigenvalue weighted by Crippen LogP contribution is 2.36. The normalized spacial score (nSPS) is 9.93. The monoisotopic (exact) mass is 299 g/mol. The molecule has 2 aromatic rings. The van der Waals surface area contributed by atoms with Crippen molar-refractivity contribution in [2.45, 2.75) is 0 Å². The lowest BCUT2D eigenvalue weighted by molar-refractivity contribution is 1.37. The standard InChI is InChI=1S/C9H6BrN3S2/c1-12-9-13-8(6(4-11)15-9)5-2-3-7(10)14-5/h2-3H,1H3,(H,12,13). The summed E-state index contributed by atoms with van der Waals surface area (Å²) in [5.41, 5.74) is 0.766. The van der Waals surface area contributed by atoms with Crippen molar-refractivity contribution in [3.8, 4) is 16.6 Å². The van der Waals surface area contributed by atoms with Crippen LogP contribution in [-0.2, 0) is 0 Å². The molecule has 0 aliphatic heterocycles. The Morgan fingerprint density at radius 1 is 1.47 bits per heavy atom. The van der Waals surface area contributed by atoms with Crippen LogP contribution in [0.4, 0.5) is 5.13 Å². The molecule has 0 radical (unpaired) electrons. The fourth-order valence-electron chi connectivity index (χ4n) is 1.11. The van der Waals surface area contributed by atoms with Crippen molar-refractivity contribution in [1.29, 1.82) is 5.26 Å². The van der Waals surface area contributed by atoms with Crippen LogP contribution in [0.2, 0.25) is 0 Å². The van der Waals surface area contributed by atoms with Crippen LogP contribution in [0.1, 0.15) is 4.88 Å². The Kier molecular flexibility index (Phi) is 3.05. The minimum absolute atomic E-state index is 0.647. The highest BCUT2D eigenvalue weighted by Gasteiger charge is 2.13. The fraction of sp³-hybridized carbons (Fsp3) is 0.111. The molecule has 0 fully saturated rings. The van der Waals surface area contributed by atoms with Gasteiger partial charge in [0.1, 0.15) is 16.6 Å². The minimum Gasteiger partial charge on any atom is -0.365 e. The first-order chi connectivity index (χ1) is 7.24. The second-order valence-corrected chi connectivity index (χ2v) is 6.12. The van der Waals surface area contributed by atoms with Gasteiger partial charge in [-0.25, -0.2) is 4.98 Å². The van der Waals surface area contributed by atoms with E-state index in [9.17, 15) is 0 Å². The lowest BCUT2D eigenvalue weighted by Crippen LogP contribution is -1.85. The molecule has 2 rings (SSSR count). The Morgan fingerprint density at radius 2 is 2.27 bits per heavy atom. The van der Waals surface area contributed by atoms with E-state index in [1.165, 1.54) is 11.3 Å². The van der Waals surface area contributed by atoms with E-state index in [1.807, 2.05) is 12.1 Å². The number of aromatic nitrogens is 1. The summed E-state index contributed by atoms with van der Waals surface area (Å²) in [6.45, 7) is 0. The third-order valence-corrected chi connectivity index (χ3v) is 4.36. The number of thiophene rings is 1. The third-order valence-electron chi connectivity index (χ3n) is 1.75. The fourth-order valence-corrected chi connectivity index (χ4v) is 3.29. The van der Waals surface area contributed by atoms with Gasteiger partial charge in [0, 0.05) is 7.05 Å². The molecule has 2 heterocycles. The molecule has 0 bridgehead atoms. The van der Waals surface area contributed by atoms with Gasteiger partial charge in [-0.3, -0.25) is 0 Å². The summed E-state index contributed by atoms with van der Waals surface area (Å²) in [5.74, 6) is 0. The van der Waals surface area contributed by atoms with E-state index in [2.05, 4.69) is 32.3 Å². The SMILES string of the molecule is CNc1nc(-c2ccc(Br)s2)c(C#N)s1. The molecule has 0 aromatic carbocycles. The van der Waals surface area contributed by atoms with Crippen molar-refractivity contribution in [2.24, 2.45) is 0 Å². The van der Waals surface area contributed by atoms with Gasteiger partial charge in [-0.1, -0.05) is 11.3 Å². The zero-order valence-corrected chi connectivity index (χ0v) is 11.0. The first-order valence-electron chi connectivity index (χ1n) is 4.09. The van der Waals surface area contributed by atoms with Crippen LogP contribution in [0.5, 0.6) is 0 Å². The Balaban J connectivity index is 2.52. The molecule has 0 saturated carbocycles. The maximum Gasteiger partial charge on any atom is 0.184 e. The molecular formula is C9H6BrN3S2. The van der Waals surface area contributed by atoms with E-state index in [4.69, 9.17) is 5.26 Å². The van der Waals surface area contributed by atoms with Gasteiger partial charge in [0.05, 0.1) is 8.66 Å². The van der Waals surface area contributed by atoms with Crippen molar-refractivity contribution in [1.82, 2.24) is 4.98 Å². The molecule has 0 atom stereocenters. The Bertz CT molecular complexity index is 524. The lowest BCUT2D eigenvalue weighted by atomic mass is 10.3. The number of halogens is 1. The number of thiazole rings is 1. The third kappa shape index (κ3) is 2.04. The summed E-state index contributed by atoms with van der Waals surface area (Å²) in [4.78, 5) is 6.01. The second kappa shape index (κ2) is 4.31. The van der Waals surface area contributed by atoms with Crippen LogP contribution in [0.25, 0.3) is 10.6 Å². The molecule has 0 aliphatic rings. The summed E-state index contributed by atoms with van der Waals surface area (Å²) in [6.07, 6.45) is 0. The molecule has 0 spiro atoms. The molecular weight excluding hydrogens is 294 g/mol. The maximum absolute atomic E-state index is 8.98. The van der Waals surface area contributed by atoms with E-state index in [-0.39, 0.29) is 0 Å². The summed E-state index contributed by atoms with van der Waals surface area (Å²) < 4.78 is 1.04. The van der Waals surface area contributed by atoms with Gasteiger partial charge in [-0.2, -0.15) is 5.26 Å². The number of rotatable bonds is 2. The van der Waals surface area contributed by atoms with Crippen LogP contribution in [0.3, 0.4) is 0 Å². The largest absolute Gasteiger partial charge is 0.365 e. The summed E-state index contributed by atoms with van der Waals surface area (Å²) in [5, 5.41) is 12.7. The van der Waals surface area contributed by atoms with Crippen molar-refractivity contribution in [3.63, 3.8) is 0 Å². The van der Waals surface area contributed by atoms with E-state index in [0.717, 1.165) is 19.5 Å². The van der Waals surface area contributed by atoms with Crippen LogP contribution < -0.4 is 5.32 Å². The average molecular weight is 300 g/mol. The van der Waals surface area contributed by atoms with Gasteiger partial charge in [-0.05, 0) is 28.1 Å². The highest BCUT2D eigenvalue weighted by molar-refractivity contribution is 9.11. The van der Waals surface area contributed by atoms with Gasteiger partial charge < -0.3 is 5.32 Å². The van der Waals surface area contributed by atoms with Crippen LogP contribution in [0.15, 0.2) is 15.9 Å². The Hall–Kier alpha value is -0.900. The molecule has 0 saturated heterocycles. The molecule has 1 N–H and O–H groups in total. The number of nitrogens with one attached hydrogen (secondary N) is 1. The van der Waals surface area contributed by atoms with E-state index in [1.54, 1.807) is 18.4 Å².